The van der Waals surface area contributed by atoms with Crippen LogP contribution in [0.2, 0.25) is 0 Å². The van der Waals surface area contributed by atoms with E-state index in [4.69, 9.17) is 9.15 Å². The first-order valence-corrected chi connectivity index (χ1v) is 10.2. The molecule has 154 valence electrons. The number of hydrogen-bond acceptors (Lipinski definition) is 5. The van der Waals surface area contributed by atoms with Crippen molar-refractivity contribution < 1.29 is 18.7 Å². The summed E-state index contributed by atoms with van der Waals surface area (Å²) in [6.07, 6.45) is 2.02. The molecule has 0 spiro atoms. The smallest absolute Gasteiger partial charge is 0.339 e. The molecule has 1 aromatic heterocycles. The van der Waals surface area contributed by atoms with E-state index in [1.807, 2.05) is 48.5 Å². The van der Waals surface area contributed by atoms with Crippen LogP contribution in [0.1, 0.15) is 28.4 Å². The molecule has 0 N–H and O–H groups in total. The molecule has 31 heavy (non-hydrogen) atoms. The second kappa shape index (κ2) is 7.72. The van der Waals surface area contributed by atoms with Crippen LogP contribution in [0.25, 0.3) is 11.1 Å². The number of benzene rings is 3. The van der Waals surface area contributed by atoms with E-state index in [1.54, 1.807) is 30.0 Å². The molecular formula is C25H20N2O4. The fourth-order valence-corrected chi connectivity index (χ4v) is 3.96. The number of esters is 1. The Labute approximate surface area is 179 Å². The summed E-state index contributed by atoms with van der Waals surface area (Å²) in [7, 11) is 0. The lowest BCUT2D eigenvalue weighted by molar-refractivity contribution is -0.125. The van der Waals surface area contributed by atoms with Crippen molar-refractivity contribution in [3.63, 3.8) is 0 Å². The van der Waals surface area contributed by atoms with Gasteiger partial charge in [0.05, 0.1) is 16.9 Å². The summed E-state index contributed by atoms with van der Waals surface area (Å²) in [4.78, 5) is 32.0. The van der Waals surface area contributed by atoms with Gasteiger partial charge in [-0.15, -0.1) is 0 Å². The molecule has 6 nitrogen and oxygen atoms in total. The molecule has 0 radical (unpaired) electrons. The summed E-state index contributed by atoms with van der Waals surface area (Å²) in [6.45, 7) is 1.60. The van der Waals surface area contributed by atoms with Crippen LogP contribution in [0.5, 0.6) is 0 Å². The first kappa shape index (κ1) is 19.1. The van der Waals surface area contributed by atoms with Crippen molar-refractivity contribution in [3.8, 4) is 0 Å². The van der Waals surface area contributed by atoms with Gasteiger partial charge in [-0.2, -0.15) is 0 Å². The summed E-state index contributed by atoms with van der Waals surface area (Å²) < 4.78 is 10.8. The minimum Gasteiger partial charge on any atom is -0.449 e. The normalized spacial score (nSPS) is 13.8. The van der Waals surface area contributed by atoms with Gasteiger partial charge in [-0.1, -0.05) is 36.4 Å². The van der Waals surface area contributed by atoms with E-state index in [-0.39, 0.29) is 5.91 Å². The number of amides is 1. The number of ether oxygens (including phenoxy) is 1. The Morgan fingerprint density at radius 1 is 0.968 bits per heavy atom. The maximum absolute atomic E-state index is 13.5. The number of oxazole rings is 1. The van der Waals surface area contributed by atoms with Crippen molar-refractivity contribution in [2.45, 2.75) is 25.9 Å². The topological polar surface area (TPSA) is 72.6 Å². The molecule has 1 aliphatic rings. The number of aryl methyl sites for hydroxylation is 2. The largest absolute Gasteiger partial charge is 0.449 e. The predicted molar refractivity (Wildman–Crippen MR) is 116 cm³/mol. The molecule has 1 atom stereocenters. The summed E-state index contributed by atoms with van der Waals surface area (Å²) >= 11 is 0. The average Bonchev–Trinajstić information content (AvgIpc) is 3.20. The van der Waals surface area contributed by atoms with Crippen LogP contribution in [0.4, 0.5) is 11.4 Å². The third-order valence-electron chi connectivity index (χ3n) is 5.55. The van der Waals surface area contributed by atoms with E-state index in [0.717, 1.165) is 35.3 Å². The number of carbonyl (C=O) groups excluding carboxylic acids is 2. The Balaban J connectivity index is 1.45. The Morgan fingerprint density at radius 3 is 2.29 bits per heavy atom. The number of aromatic nitrogens is 1. The van der Waals surface area contributed by atoms with Gasteiger partial charge in [0.25, 0.3) is 5.91 Å². The summed E-state index contributed by atoms with van der Waals surface area (Å²) in [5, 5.41) is 0. The van der Waals surface area contributed by atoms with Crippen molar-refractivity contribution >= 4 is 34.4 Å². The van der Waals surface area contributed by atoms with Crippen molar-refractivity contribution in [2.24, 2.45) is 0 Å². The zero-order valence-electron chi connectivity index (χ0n) is 16.9. The number of carbonyl (C=O) groups is 2. The van der Waals surface area contributed by atoms with Crippen LogP contribution >= 0.6 is 0 Å². The standard InChI is InChI=1S/C25H20N2O4/c1-16(31-25(29)19-12-13-20-23(14-19)30-15-26-20)24(28)27-21-8-4-2-6-17(21)10-11-18-7-3-5-9-22(18)27/h2-9,12-16H,10-11H2,1H3. The SMILES string of the molecule is CC(OC(=O)c1ccc2ncoc2c1)C(=O)N1c2ccccc2CCc2ccccc21. The Hall–Kier alpha value is -3.93. The van der Waals surface area contributed by atoms with Gasteiger partial charge in [-0.05, 0) is 61.2 Å². The summed E-state index contributed by atoms with van der Waals surface area (Å²) in [5.74, 6) is -0.883. The molecule has 0 fully saturated rings. The van der Waals surface area contributed by atoms with Crippen molar-refractivity contribution in [1.82, 2.24) is 4.98 Å². The first-order chi connectivity index (χ1) is 15.1. The molecule has 2 heterocycles. The van der Waals surface area contributed by atoms with Gasteiger partial charge in [-0.3, -0.25) is 9.69 Å². The Bertz CT molecular complexity index is 1250. The van der Waals surface area contributed by atoms with Gasteiger partial charge in [0, 0.05) is 0 Å². The van der Waals surface area contributed by atoms with E-state index in [0.29, 0.717) is 16.7 Å². The molecule has 0 saturated carbocycles. The highest BCUT2D eigenvalue weighted by Crippen LogP contribution is 2.36. The monoisotopic (exact) mass is 412 g/mol. The fourth-order valence-electron chi connectivity index (χ4n) is 3.96. The summed E-state index contributed by atoms with van der Waals surface area (Å²) in [6, 6.07) is 20.6. The molecule has 1 amide bonds. The zero-order valence-corrected chi connectivity index (χ0v) is 16.9. The second-order valence-electron chi connectivity index (χ2n) is 7.51. The number of rotatable bonds is 3. The fraction of sp³-hybridized carbons (Fsp3) is 0.160. The van der Waals surface area contributed by atoms with Crippen LogP contribution < -0.4 is 4.90 Å². The second-order valence-corrected chi connectivity index (χ2v) is 7.51. The lowest BCUT2D eigenvalue weighted by Gasteiger charge is -2.27. The van der Waals surface area contributed by atoms with Crippen LogP contribution in [-0.4, -0.2) is 23.0 Å². The molecule has 1 aliphatic heterocycles. The van der Waals surface area contributed by atoms with Crippen molar-refractivity contribution in [3.05, 3.63) is 89.8 Å². The molecule has 3 aromatic carbocycles. The number of fused-ring (bicyclic) bond motifs is 3. The molecule has 6 heteroatoms. The molecule has 0 saturated heterocycles. The number of para-hydroxylation sites is 2. The van der Waals surface area contributed by atoms with Gasteiger partial charge < -0.3 is 9.15 Å². The molecule has 4 aromatic rings. The van der Waals surface area contributed by atoms with Crippen molar-refractivity contribution in [1.29, 1.82) is 0 Å². The molecule has 5 rings (SSSR count). The third kappa shape index (κ3) is 3.46. The number of anilines is 2. The van der Waals surface area contributed by atoms with Gasteiger partial charge in [-0.25, -0.2) is 9.78 Å². The van der Waals surface area contributed by atoms with Crippen LogP contribution in [-0.2, 0) is 22.4 Å². The Morgan fingerprint density at radius 2 is 1.61 bits per heavy atom. The van der Waals surface area contributed by atoms with E-state index < -0.39 is 12.1 Å². The highest BCUT2D eigenvalue weighted by atomic mass is 16.5. The van der Waals surface area contributed by atoms with E-state index in [2.05, 4.69) is 4.98 Å². The van der Waals surface area contributed by atoms with Crippen LogP contribution in [0.15, 0.2) is 77.5 Å². The summed E-state index contributed by atoms with van der Waals surface area (Å²) in [5.41, 5.74) is 5.26. The van der Waals surface area contributed by atoms with Gasteiger partial charge in [0.1, 0.15) is 5.52 Å². The minimum absolute atomic E-state index is 0.295. The maximum Gasteiger partial charge on any atom is 0.339 e. The predicted octanol–water partition coefficient (Wildman–Crippen LogP) is 4.84. The molecule has 0 bridgehead atoms. The van der Waals surface area contributed by atoms with E-state index in [9.17, 15) is 9.59 Å². The highest BCUT2D eigenvalue weighted by Gasteiger charge is 2.31. The van der Waals surface area contributed by atoms with Crippen LogP contribution in [0, 0.1) is 0 Å². The maximum atomic E-state index is 13.5. The third-order valence-corrected chi connectivity index (χ3v) is 5.55. The Kier molecular flexibility index (Phi) is 4.75. The number of hydrogen-bond donors (Lipinski definition) is 0. The lowest BCUT2D eigenvalue weighted by atomic mass is 10.0. The molecule has 1 unspecified atom stereocenters. The molecular weight excluding hydrogens is 392 g/mol. The highest BCUT2D eigenvalue weighted by molar-refractivity contribution is 6.06. The van der Waals surface area contributed by atoms with Crippen LogP contribution in [0.3, 0.4) is 0 Å². The lowest BCUT2D eigenvalue weighted by Crippen LogP contribution is -2.37. The van der Waals surface area contributed by atoms with Crippen molar-refractivity contribution in [2.75, 3.05) is 4.90 Å². The first-order valence-electron chi connectivity index (χ1n) is 10.2. The van der Waals surface area contributed by atoms with Gasteiger partial charge in [0.2, 0.25) is 0 Å². The molecule has 0 aliphatic carbocycles. The quantitative estimate of drug-likeness (QED) is 0.451. The minimum atomic E-state index is -0.975. The van der Waals surface area contributed by atoms with E-state index in [1.165, 1.54) is 6.39 Å². The average molecular weight is 412 g/mol. The van der Waals surface area contributed by atoms with Gasteiger partial charge in [0.15, 0.2) is 18.1 Å². The van der Waals surface area contributed by atoms with E-state index >= 15 is 0 Å². The number of nitrogens with zero attached hydrogens (tertiary/aromatic N) is 2. The zero-order chi connectivity index (χ0) is 21.4. The van der Waals surface area contributed by atoms with Gasteiger partial charge >= 0.3 is 5.97 Å².